The highest BCUT2D eigenvalue weighted by molar-refractivity contribution is 5.57. The Hall–Kier alpha value is -1.94. The van der Waals surface area contributed by atoms with Crippen molar-refractivity contribution in [3.05, 3.63) is 42.1 Å². The fraction of sp³-hybridized carbons (Fsp3) is 0.375. The Morgan fingerprint density at radius 2 is 1.90 bits per heavy atom. The second kappa shape index (κ2) is 6.01. The van der Waals surface area contributed by atoms with Gasteiger partial charge >= 0.3 is 0 Å². The lowest BCUT2D eigenvalue weighted by Gasteiger charge is -2.21. The predicted molar refractivity (Wildman–Crippen MR) is 81.9 cm³/mol. The number of benzene rings is 1. The van der Waals surface area contributed by atoms with Crippen LogP contribution in [0.1, 0.15) is 12.1 Å². The molecule has 1 aliphatic rings. The van der Waals surface area contributed by atoms with Crippen molar-refractivity contribution in [1.29, 1.82) is 0 Å². The standard InChI is InChI=1S/C16H20N4/c1-13-12-15(20-10-5-8-17-9-11-20)19-16(18-13)14-6-3-2-4-7-14/h2-4,6-7,12,17H,5,8-11H2,1H3. The summed E-state index contributed by atoms with van der Waals surface area (Å²) in [6.07, 6.45) is 1.16. The van der Waals surface area contributed by atoms with Crippen LogP contribution in [-0.2, 0) is 0 Å². The number of nitrogens with one attached hydrogen (secondary N) is 1. The first-order chi connectivity index (χ1) is 9.83. The molecule has 1 aromatic heterocycles. The SMILES string of the molecule is Cc1cc(N2CCCNCC2)nc(-c2ccccc2)n1. The van der Waals surface area contributed by atoms with Gasteiger partial charge in [0.1, 0.15) is 5.82 Å². The van der Waals surface area contributed by atoms with Crippen molar-refractivity contribution in [3.63, 3.8) is 0 Å². The molecule has 2 heterocycles. The summed E-state index contributed by atoms with van der Waals surface area (Å²) in [6, 6.07) is 12.3. The summed E-state index contributed by atoms with van der Waals surface area (Å²) in [7, 11) is 0. The maximum atomic E-state index is 4.76. The highest BCUT2D eigenvalue weighted by Crippen LogP contribution is 2.20. The van der Waals surface area contributed by atoms with E-state index in [1.165, 1.54) is 0 Å². The van der Waals surface area contributed by atoms with Gasteiger partial charge in [-0.2, -0.15) is 0 Å². The molecule has 1 aliphatic heterocycles. The van der Waals surface area contributed by atoms with E-state index in [9.17, 15) is 0 Å². The first kappa shape index (κ1) is 13.1. The molecule has 0 saturated carbocycles. The first-order valence-corrected chi connectivity index (χ1v) is 7.20. The van der Waals surface area contributed by atoms with Crippen molar-refractivity contribution >= 4 is 5.82 Å². The van der Waals surface area contributed by atoms with Crippen LogP contribution in [0, 0.1) is 6.92 Å². The molecule has 1 aromatic carbocycles. The zero-order valence-corrected chi connectivity index (χ0v) is 11.8. The Morgan fingerprint density at radius 3 is 2.75 bits per heavy atom. The summed E-state index contributed by atoms with van der Waals surface area (Å²) >= 11 is 0. The molecule has 104 valence electrons. The van der Waals surface area contributed by atoms with E-state index >= 15 is 0 Å². The van der Waals surface area contributed by atoms with E-state index in [0.29, 0.717) is 0 Å². The molecule has 1 saturated heterocycles. The van der Waals surface area contributed by atoms with Crippen LogP contribution in [0.25, 0.3) is 11.4 Å². The summed E-state index contributed by atoms with van der Waals surface area (Å²) in [5.41, 5.74) is 2.09. The van der Waals surface area contributed by atoms with Crippen LogP contribution in [0.3, 0.4) is 0 Å². The number of hydrogen-bond acceptors (Lipinski definition) is 4. The zero-order valence-electron chi connectivity index (χ0n) is 11.8. The van der Waals surface area contributed by atoms with Gasteiger partial charge in [-0.1, -0.05) is 30.3 Å². The van der Waals surface area contributed by atoms with Crippen LogP contribution in [0.15, 0.2) is 36.4 Å². The first-order valence-electron chi connectivity index (χ1n) is 7.20. The van der Waals surface area contributed by atoms with Gasteiger partial charge in [-0.3, -0.25) is 0 Å². The molecule has 0 unspecified atom stereocenters. The molecule has 0 radical (unpaired) electrons. The van der Waals surface area contributed by atoms with Crippen molar-refractivity contribution < 1.29 is 0 Å². The fourth-order valence-corrected chi connectivity index (χ4v) is 2.51. The third-order valence-electron chi connectivity index (χ3n) is 3.54. The van der Waals surface area contributed by atoms with Gasteiger partial charge in [0.2, 0.25) is 0 Å². The molecule has 4 nitrogen and oxygen atoms in total. The molecule has 3 rings (SSSR count). The number of anilines is 1. The molecule has 0 spiro atoms. The predicted octanol–water partition coefficient (Wildman–Crippen LogP) is 2.25. The van der Waals surface area contributed by atoms with Crippen LogP contribution in [-0.4, -0.2) is 36.1 Å². The molecule has 0 bridgehead atoms. The van der Waals surface area contributed by atoms with Crippen molar-refractivity contribution in [2.24, 2.45) is 0 Å². The van der Waals surface area contributed by atoms with E-state index in [1.807, 2.05) is 25.1 Å². The smallest absolute Gasteiger partial charge is 0.161 e. The molecule has 20 heavy (non-hydrogen) atoms. The van der Waals surface area contributed by atoms with E-state index in [-0.39, 0.29) is 0 Å². The van der Waals surface area contributed by atoms with Gasteiger partial charge in [-0.25, -0.2) is 9.97 Å². The number of aryl methyl sites for hydroxylation is 1. The maximum absolute atomic E-state index is 4.76. The number of hydrogen-bond donors (Lipinski definition) is 1. The lowest BCUT2D eigenvalue weighted by atomic mass is 10.2. The summed E-state index contributed by atoms with van der Waals surface area (Å²) in [5, 5.41) is 3.42. The molecular formula is C16H20N4. The van der Waals surface area contributed by atoms with Crippen molar-refractivity contribution in [3.8, 4) is 11.4 Å². The van der Waals surface area contributed by atoms with Crippen LogP contribution in [0.4, 0.5) is 5.82 Å². The van der Waals surface area contributed by atoms with Crippen LogP contribution >= 0.6 is 0 Å². The van der Waals surface area contributed by atoms with Crippen LogP contribution in [0.2, 0.25) is 0 Å². The molecule has 4 heteroatoms. The second-order valence-electron chi connectivity index (χ2n) is 5.15. The third kappa shape index (κ3) is 2.96. The Bertz CT molecular complexity index is 560. The summed E-state index contributed by atoms with van der Waals surface area (Å²) in [6.45, 7) is 6.20. The minimum absolute atomic E-state index is 0.817. The lowest BCUT2D eigenvalue weighted by molar-refractivity contribution is 0.724. The Balaban J connectivity index is 1.94. The van der Waals surface area contributed by atoms with Gasteiger partial charge in [0.25, 0.3) is 0 Å². The second-order valence-corrected chi connectivity index (χ2v) is 5.15. The molecule has 1 fully saturated rings. The van der Waals surface area contributed by atoms with E-state index in [1.54, 1.807) is 0 Å². The summed E-state index contributed by atoms with van der Waals surface area (Å²) in [4.78, 5) is 11.7. The van der Waals surface area contributed by atoms with E-state index in [4.69, 9.17) is 4.98 Å². The van der Waals surface area contributed by atoms with Gasteiger partial charge in [-0.05, 0) is 19.9 Å². The maximum Gasteiger partial charge on any atom is 0.161 e. The minimum Gasteiger partial charge on any atom is -0.355 e. The van der Waals surface area contributed by atoms with Crippen molar-refractivity contribution in [2.75, 3.05) is 31.1 Å². The summed E-state index contributed by atoms with van der Waals surface area (Å²) in [5.74, 6) is 1.86. The topological polar surface area (TPSA) is 41.0 Å². The van der Waals surface area contributed by atoms with Crippen molar-refractivity contribution in [2.45, 2.75) is 13.3 Å². The molecule has 0 aliphatic carbocycles. The highest BCUT2D eigenvalue weighted by atomic mass is 15.2. The van der Waals surface area contributed by atoms with Gasteiger partial charge in [0.05, 0.1) is 0 Å². The third-order valence-corrected chi connectivity index (χ3v) is 3.54. The van der Waals surface area contributed by atoms with Gasteiger partial charge in [0.15, 0.2) is 5.82 Å². The van der Waals surface area contributed by atoms with E-state index in [2.05, 4.69) is 33.4 Å². The number of nitrogens with zero attached hydrogens (tertiary/aromatic N) is 3. The van der Waals surface area contributed by atoms with Gasteiger partial charge in [0, 0.05) is 37.0 Å². The molecular weight excluding hydrogens is 248 g/mol. The zero-order chi connectivity index (χ0) is 13.8. The minimum atomic E-state index is 0.817. The quantitative estimate of drug-likeness (QED) is 0.907. The van der Waals surface area contributed by atoms with E-state index in [0.717, 1.165) is 55.5 Å². The fourth-order valence-electron chi connectivity index (χ4n) is 2.51. The number of aromatic nitrogens is 2. The monoisotopic (exact) mass is 268 g/mol. The lowest BCUT2D eigenvalue weighted by Crippen LogP contribution is -2.28. The Kier molecular flexibility index (Phi) is 3.92. The molecule has 0 atom stereocenters. The van der Waals surface area contributed by atoms with Gasteiger partial charge in [-0.15, -0.1) is 0 Å². The molecule has 1 N–H and O–H groups in total. The molecule has 0 amide bonds. The average molecular weight is 268 g/mol. The van der Waals surface area contributed by atoms with Gasteiger partial charge < -0.3 is 10.2 Å². The van der Waals surface area contributed by atoms with Crippen molar-refractivity contribution in [1.82, 2.24) is 15.3 Å². The Morgan fingerprint density at radius 1 is 1.05 bits per heavy atom. The summed E-state index contributed by atoms with van der Waals surface area (Å²) < 4.78 is 0. The number of rotatable bonds is 2. The van der Waals surface area contributed by atoms with Crippen LogP contribution < -0.4 is 10.2 Å². The highest BCUT2D eigenvalue weighted by Gasteiger charge is 2.13. The van der Waals surface area contributed by atoms with E-state index < -0.39 is 0 Å². The Labute approximate surface area is 119 Å². The molecule has 2 aromatic rings. The normalized spacial score (nSPS) is 15.9. The van der Waals surface area contributed by atoms with Crippen LogP contribution in [0.5, 0.6) is 0 Å². The average Bonchev–Trinajstić information content (AvgIpc) is 2.77. The largest absolute Gasteiger partial charge is 0.355 e.